The highest BCUT2D eigenvalue weighted by Gasteiger charge is 2.23. The summed E-state index contributed by atoms with van der Waals surface area (Å²) in [6.45, 7) is 1.15. The second-order valence-corrected chi connectivity index (χ2v) is 5.45. The largest absolute Gasteiger partial charge is 0.387 e. The van der Waals surface area contributed by atoms with Crippen molar-refractivity contribution in [1.82, 2.24) is 4.90 Å². The van der Waals surface area contributed by atoms with E-state index in [1.807, 2.05) is 42.5 Å². The molecule has 1 aliphatic heterocycles. The van der Waals surface area contributed by atoms with Gasteiger partial charge < -0.3 is 10.0 Å². The average Bonchev–Trinajstić information content (AvgIpc) is 2.93. The van der Waals surface area contributed by atoms with Crippen LogP contribution in [0.2, 0.25) is 0 Å². The first kappa shape index (κ1) is 13.8. The Bertz CT molecular complexity index is 607. The summed E-state index contributed by atoms with van der Waals surface area (Å²) in [6.07, 6.45) is 0.898. The lowest BCUT2D eigenvalue weighted by atomic mass is 10.0. The van der Waals surface area contributed by atoms with Crippen LogP contribution in [0.1, 0.15) is 24.5 Å². The van der Waals surface area contributed by atoms with Gasteiger partial charge in [0.15, 0.2) is 0 Å². The van der Waals surface area contributed by atoms with E-state index in [-0.39, 0.29) is 5.91 Å². The maximum absolute atomic E-state index is 11.6. The van der Waals surface area contributed by atoms with Crippen molar-refractivity contribution in [3.05, 3.63) is 60.2 Å². The number of aliphatic hydroxyl groups is 1. The van der Waals surface area contributed by atoms with E-state index in [4.69, 9.17) is 0 Å². The molecule has 1 atom stereocenters. The van der Waals surface area contributed by atoms with Crippen LogP contribution in [0.3, 0.4) is 0 Å². The van der Waals surface area contributed by atoms with Crippen LogP contribution in [0.25, 0.3) is 11.1 Å². The van der Waals surface area contributed by atoms with Crippen LogP contribution in [0.5, 0.6) is 0 Å². The van der Waals surface area contributed by atoms with Crippen molar-refractivity contribution < 1.29 is 9.90 Å². The van der Waals surface area contributed by atoms with Crippen LogP contribution >= 0.6 is 0 Å². The monoisotopic (exact) mass is 281 g/mol. The maximum atomic E-state index is 11.6. The second kappa shape index (κ2) is 6.10. The molecule has 1 fully saturated rings. The van der Waals surface area contributed by atoms with Gasteiger partial charge in [0.1, 0.15) is 0 Å². The Morgan fingerprint density at radius 1 is 1.00 bits per heavy atom. The number of hydrogen-bond acceptors (Lipinski definition) is 2. The molecule has 2 aromatic rings. The lowest BCUT2D eigenvalue weighted by molar-refractivity contribution is -0.128. The zero-order chi connectivity index (χ0) is 14.7. The first-order chi connectivity index (χ1) is 10.2. The summed E-state index contributed by atoms with van der Waals surface area (Å²) in [7, 11) is 0. The third-order valence-electron chi connectivity index (χ3n) is 3.97. The van der Waals surface area contributed by atoms with Crippen molar-refractivity contribution >= 4 is 5.91 Å². The highest BCUT2D eigenvalue weighted by Crippen LogP contribution is 2.23. The summed E-state index contributed by atoms with van der Waals surface area (Å²) in [4.78, 5) is 13.3. The molecule has 1 N–H and O–H groups in total. The molecule has 3 nitrogen and oxygen atoms in total. The fraction of sp³-hybridized carbons (Fsp3) is 0.278. The molecule has 2 aromatic carbocycles. The molecule has 1 unspecified atom stereocenters. The van der Waals surface area contributed by atoms with E-state index in [0.29, 0.717) is 13.0 Å². The van der Waals surface area contributed by atoms with Crippen molar-refractivity contribution in [3.8, 4) is 11.1 Å². The molecule has 0 radical (unpaired) electrons. The molecular formula is C18H19NO2. The first-order valence-electron chi connectivity index (χ1n) is 7.35. The number of rotatable bonds is 4. The minimum atomic E-state index is -0.614. The van der Waals surface area contributed by atoms with Gasteiger partial charge in [-0.1, -0.05) is 54.6 Å². The van der Waals surface area contributed by atoms with Crippen molar-refractivity contribution in [2.45, 2.75) is 18.9 Å². The molecule has 3 rings (SSSR count). The quantitative estimate of drug-likeness (QED) is 0.936. The number of carbonyl (C=O) groups is 1. The second-order valence-electron chi connectivity index (χ2n) is 5.45. The summed E-state index contributed by atoms with van der Waals surface area (Å²) in [5.74, 6) is 0.148. The van der Waals surface area contributed by atoms with Gasteiger partial charge in [-0.25, -0.2) is 0 Å². The number of benzene rings is 2. The predicted octanol–water partition coefficient (Wildman–Crippen LogP) is 3.01. The molecule has 21 heavy (non-hydrogen) atoms. The lowest BCUT2D eigenvalue weighted by Gasteiger charge is -2.20. The van der Waals surface area contributed by atoms with Crippen LogP contribution in [0.4, 0.5) is 0 Å². The SMILES string of the molecule is O=C1CCCN1CC(O)c1ccc(-c2ccccc2)cc1. The van der Waals surface area contributed by atoms with Gasteiger partial charge in [-0.05, 0) is 23.1 Å². The first-order valence-corrected chi connectivity index (χ1v) is 7.35. The number of amides is 1. The Morgan fingerprint density at radius 3 is 2.29 bits per heavy atom. The molecule has 1 saturated heterocycles. The normalized spacial score (nSPS) is 16.2. The van der Waals surface area contributed by atoms with Gasteiger partial charge in [0.25, 0.3) is 0 Å². The summed E-state index contributed by atoms with van der Waals surface area (Å²) < 4.78 is 0. The Morgan fingerprint density at radius 2 is 1.67 bits per heavy atom. The Hall–Kier alpha value is -2.13. The van der Waals surface area contributed by atoms with Gasteiger partial charge in [0.2, 0.25) is 5.91 Å². The molecule has 108 valence electrons. The van der Waals surface area contributed by atoms with E-state index in [9.17, 15) is 9.90 Å². The van der Waals surface area contributed by atoms with E-state index in [1.165, 1.54) is 0 Å². The van der Waals surface area contributed by atoms with Crippen LogP contribution < -0.4 is 0 Å². The third kappa shape index (κ3) is 3.14. The van der Waals surface area contributed by atoms with E-state index < -0.39 is 6.10 Å². The number of hydrogen-bond donors (Lipinski definition) is 1. The van der Waals surface area contributed by atoms with Gasteiger partial charge in [-0.3, -0.25) is 4.79 Å². The molecule has 0 aliphatic carbocycles. The minimum absolute atomic E-state index is 0.148. The van der Waals surface area contributed by atoms with Crippen molar-refractivity contribution in [3.63, 3.8) is 0 Å². The molecule has 1 heterocycles. The number of nitrogens with zero attached hydrogens (tertiary/aromatic N) is 1. The molecular weight excluding hydrogens is 262 g/mol. The molecule has 1 amide bonds. The zero-order valence-corrected chi connectivity index (χ0v) is 11.9. The molecule has 3 heteroatoms. The zero-order valence-electron chi connectivity index (χ0n) is 11.9. The highest BCUT2D eigenvalue weighted by atomic mass is 16.3. The number of aliphatic hydroxyl groups excluding tert-OH is 1. The van der Waals surface area contributed by atoms with E-state index in [0.717, 1.165) is 29.7 Å². The van der Waals surface area contributed by atoms with Crippen molar-refractivity contribution in [2.24, 2.45) is 0 Å². The van der Waals surface area contributed by atoms with E-state index >= 15 is 0 Å². The van der Waals surface area contributed by atoms with Gasteiger partial charge in [0.05, 0.1) is 12.6 Å². The van der Waals surface area contributed by atoms with Crippen molar-refractivity contribution in [2.75, 3.05) is 13.1 Å². The van der Waals surface area contributed by atoms with E-state index in [1.54, 1.807) is 4.90 Å². The fourth-order valence-corrected chi connectivity index (χ4v) is 2.74. The van der Waals surface area contributed by atoms with Gasteiger partial charge in [-0.15, -0.1) is 0 Å². The minimum Gasteiger partial charge on any atom is -0.387 e. The Balaban J connectivity index is 1.70. The number of β-amino-alcohol motifs (C(OH)–C–C–N with tert-alkyl or cyclic N) is 1. The van der Waals surface area contributed by atoms with Crippen molar-refractivity contribution in [1.29, 1.82) is 0 Å². The average molecular weight is 281 g/mol. The Kier molecular flexibility index (Phi) is 4.02. The predicted molar refractivity (Wildman–Crippen MR) is 82.7 cm³/mol. The standard InChI is InChI=1S/C18H19NO2/c20-17(13-19-12-4-7-18(19)21)16-10-8-15(9-11-16)14-5-2-1-3-6-14/h1-3,5-6,8-11,17,20H,4,7,12-13H2. The van der Waals surface area contributed by atoms with Crippen LogP contribution in [-0.2, 0) is 4.79 Å². The van der Waals surface area contributed by atoms with Crippen LogP contribution in [0.15, 0.2) is 54.6 Å². The fourth-order valence-electron chi connectivity index (χ4n) is 2.74. The molecule has 0 bridgehead atoms. The highest BCUT2D eigenvalue weighted by molar-refractivity contribution is 5.78. The van der Waals surface area contributed by atoms with Gasteiger partial charge in [-0.2, -0.15) is 0 Å². The van der Waals surface area contributed by atoms with E-state index in [2.05, 4.69) is 12.1 Å². The molecule has 0 aromatic heterocycles. The summed E-state index contributed by atoms with van der Waals surface area (Å²) >= 11 is 0. The topological polar surface area (TPSA) is 40.5 Å². The molecule has 0 spiro atoms. The summed E-state index contributed by atoms with van der Waals surface area (Å²) in [6, 6.07) is 18.0. The summed E-state index contributed by atoms with van der Waals surface area (Å²) in [5.41, 5.74) is 3.14. The number of likely N-dealkylation sites (tertiary alicyclic amines) is 1. The Labute approximate surface area is 124 Å². The maximum Gasteiger partial charge on any atom is 0.222 e. The number of carbonyl (C=O) groups excluding carboxylic acids is 1. The smallest absolute Gasteiger partial charge is 0.222 e. The van der Waals surface area contributed by atoms with Crippen LogP contribution in [0, 0.1) is 0 Å². The van der Waals surface area contributed by atoms with Gasteiger partial charge in [0, 0.05) is 13.0 Å². The third-order valence-corrected chi connectivity index (χ3v) is 3.97. The van der Waals surface area contributed by atoms with Gasteiger partial charge >= 0.3 is 0 Å². The molecule has 0 saturated carbocycles. The lowest BCUT2D eigenvalue weighted by Crippen LogP contribution is -2.29. The molecule has 1 aliphatic rings. The summed E-state index contributed by atoms with van der Waals surface area (Å²) in [5, 5.41) is 10.3. The van der Waals surface area contributed by atoms with Crippen LogP contribution in [-0.4, -0.2) is 29.0 Å².